The third-order valence-corrected chi connectivity index (χ3v) is 4.85. The number of hydrogen-bond acceptors (Lipinski definition) is 3. The van der Waals surface area contributed by atoms with Crippen molar-refractivity contribution in [2.45, 2.75) is 20.3 Å². The largest absolute Gasteiger partial charge is 0.494 e. The molecule has 0 saturated carbocycles. The van der Waals surface area contributed by atoms with Crippen LogP contribution in [0.5, 0.6) is 11.8 Å². The smallest absolute Gasteiger partial charge is 0.199 e. The average Bonchev–Trinajstić information content (AvgIpc) is 3.10. The molecule has 0 aliphatic rings. The molecular formula is C19H18ClN3O2. The van der Waals surface area contributed by atoms with E-state index >= 15 is 0 Å². The van der Waals surface area contributed by atoms with Crippen LogP contribution in [0.15, 0.2) is 36.4 Å². The fourth-order valence-electron chi connectivity index (χ4n) is 3.63. The highest BCUT2D eigenvalue weighted by molar-refractivity contribution is 6.18. The Balaban J connectivity index is 2.19. The van der Waals surface area contributed by atoms with Gasteiger partial charge in [0.05, 0.1) is 11.0 Å². The topological polar surface area (TPSA) is 62.7 Å². The Morgan fingerprint density at radius 1 is 1.04 bits per heavy atom. The van der Waals surface area contributed by atoms with Crippen molar-refractivity contribution in [3.05, 3.63) is 53.3 Å². The first-order valence-electron chi connectivity index (χ1n) is 8.09. The van der Waals surface area contributed by atoms with Crippen LogP contribution in [0.3, 0.4) is 0 Å². The number of hydrogen-bond donors (Lipinski definition) is 2. The molecule has 128 valence electrons. The number of aromatic hydroxyl groups is 2. The van der Waals surface area contributed by atoms with E-state index in [-0.39, 0.29) is 11.8 Å². The molecule has 25 heavy (non-hydrogen) atoms. The second-order valence-corrected chi connectivity index (χ2v) is 6.49. The maximum Gasteiger partial charge on any atom is 0.199 e. The molecule has 0 aliphatic heterocycles. The van der Waals surface area contributed by atoms with E-state index in [1.165, 1.54) is 16.7 Å². The van der Waals surface area contributed by atoms with Crippen LogP contribution in [-0.2, 0) is 6.42 Å². The van der Waals surface area contributed by atoms with Crippen LogP contribution in [0.25, 0.3) is 22.2 Å². The Morgan fingerprint density at radius 3 is 2.40 bits per heavy atom. The minimum atomic E-state index is -0.0492. The first-order valence-corrected chi connectivity index (χ1v) is 8.63. The number of para-hydroxylation sites is 1. The lowest BCUT2D eigenvalue weighted by Crippen LogP contribution is -2.07. The number of nitrogens with zero attached hydrogens (tertiary/aromatic N) is 3. The van der Waals surface area contributed by atoms with E-state index in [1.807, 2.05) is 26.0 Å². The predicted molar refractivity (Wildman–Crippen MR) is 99.3 cm³/mol. The molecule has 0 fully saturated rings. The monoisotopic (exact) mass is 355 g/mol. The van der Waals surface area contributed by atoms with Crippen molar-refractivity contribution in [3.8, 4) is 17.6 Å². The van der Waals surface area contributed by atoms with Crippen LogP contribution in [-0.4, -0.2) is 30.0 Å². The van der Waals surface area contributed by atoms with Crippen LogP contribution < -0.4 is 0 Å². The minimum absolute atomic E-state index is 0.0492. The Morgan fingerprint density at radius 2 is 1.72 bits per heavy atom. The Kier molecular flexibility index (Phi) is 3.62. The van der Waals surface area contributed by atoms with Crippen LogP contribution >= 0.6 is 11.6 Å². The van der Waals surface area contributed by atoms with Gasteiger partial charge in [-0.25, -0.2) is 9.55 Å². The lowest BCUT2D eigenvalue weighted by atomic mass is 10.1. The van der Waals surface area contributed by atoms with Gasteiger partial charge in [-0.15, -0.1) is 11.6 Å². The highest BCUT2D eigenvalue weighted by Crippen LogP contribution is 2.35. The van der Waals surface area contributed by atoms with Crippen LogP contribution in [0.4, 0.5) is 0 Å². The number of aromatic nitrogens is 3. The summed E-state index contributed by atoms with van der Waals surface area (Å²) in [5.74, 6) is 1.71. The molecule has 3 aromatic heterocycles. The molecule has 0 radical (unpaired) electrons. The Labute approximate surface area is 149 Å². The standard InChI is InChI=1S/C19H18ClN3O2/c1-11-18-14(9-10-20)13-5-3-4-6-15(13)22(18)12(2)21-19(11)23-16(24)7-8-17(23)25/h3-8,24-25H,9-10H2,1-2H3. The van der Waals surface area contributed by atoms with E-state index in [0.29, 0.717) is 11.7 Å². The van der Waals surface area contributed by atoms with E-state index < -0.39 is 0 Å². The van der Waals surface area contributed by atoms with Gasteiger partial charge in [0.1, 0.15) is 11.6 Å². The maximum absolute atomic E-state index is 10.1. The molecule has 0 unspecified atom stereocenters. The van der Waals surface area contributed by atoms with E-state index in [2.05, 4.69) is 21.5 Å². The average molecular weight is 356 g/mol. The van der Waals surface area contributed by atoms with Crippen LogP contribution in [0, 0.1) is 13.8 Å². The summed E-state index contributed by atoms with van der Waals surface area (Å²) in [6, 6.07) is 11.1. The van der Waals surface area contributed by atoms with Crippen molar-refractivity contribution in [1.29, 1.82) is 0 Å². The normalized spacial score (nSPS) is 11.6. The molecule has 0 aliphatic carbocycles. The van der Waals surface area contributed by atoms with E-state index in [1.54, 1.807) is 0 Å². The van der Waals surface area contributed by atoms with Crippen molar-refractivity contribution in [2.75, 3.05) is 5.88 Å². The summed E-state index contributed by atoms with van der Waals surface area (Å²) in [5, 5.41) is 21.4. The van der Waals surface area contributed by atoms with Crippen LogP contribution in [0.2, 0.25) is 0 Å². The van der Waals surface area contributed by atoms with Crippen molar-refractivity contribution in [3.63, 3.8) is 0 Å². The Hall–Kier alpha value is -2.66. The molecule has 5 nitrogen and oxygen atoms in total. The number of alkyl halides is 1. The summed E-state index contributed by atoms with van der Waals surface area (Å²) in [7, 11) is 0. The quantitative estimate of drug-likeness (QED) is 0.544. The zero-order valence-electron chi connectivity index (χ0n) is 14.0. The molecule has 0 bridgehead atoms. The van der Waals surface area contributed by atoms with E-state index in [9.17, 15) is 10.2 Å². The van der Waals surface area contributed by atoms with Crippen molar-refractivity contribution < 1.29 is 10.2 Å². The van der Waals surface area contributed by atoms with Crippen molar-refractivity contribution >= 4 is 28.0 Å². The molecule has 4 aromatic rings. The number of benzene rings is 1. The van der Waals surface area contributed by atoms with Crippen molar-refractivity contribution in [1.82, 2.24) is 14.0 Å². The molecule has 3 heterocycles. The molecule has 0 atom stereocenters. The van der Waals surface area contributed by atoms with Gasteiger partial charge in [-0.2, -0.15) is 0 Å². The van der Waals surface area contributed by atoms with Gasteiger partial charge in [0.25, 0.3) is 0 Å². The molecule has 6 heteroatoms. The third-order valence-electron chi connectivity index (χ3n) is 4.66. The van der Waals surface area contributed by atoms with Gasteiger partial charge in [-0.1, -0.05) is 18.2 Å². The minimum Gasteiger partial charge on any atom is -0.494 e. The summed E-state index contributed by atoms with van der Waals surface area (Å²) in [6.07, 6.45) is 0.728. The SMILES string of the molecule is Cc1c(-n2c(O)ccc2O)nc(C)n2c1c(CCCl)c1ccccc12. The number of halogens is 1. The highest BCUT2D eigenvalue weighted by Gasteiger charge is 2.21. The second kappa shape index (κ2) is 5.70. The number of aryl methyl sites for hydroxylation is 3. The zero-order valence-corrected chi connectivity index (χ0v) is 14.7. The summed E-state index contributed by atoms with van der Waals surface area (Å²) in [5.41, 5.74) is 4.14. The summed E-state index contributed by atoms with van der Waals surface area (Å²) in [6.45, 7) is 3.87. The molecule has 4 rings (SSSR count). The first kappa shape index (κ1) is 15.8. The van der Waals surface area contributed by atoms with Gasteiger partial charge in [0.15, 0.2) is 11.8 Å². The van der Waals surface area contributed by atoms with Gasteiger partial charge in [-0.3, -0.25) is 4.40 Å². The molecule has 0 saturated heterocycles. The summed E-state index contributed by atoms with van der Waals surface area (Å²) < 4.78 is 3.47. The number of rotatable bonds is 3. The predicted octanol–water partition coefficient (Wildman–Crippen LogP) is 4.09. The molecule has 0 amide bonds. The molecular weight excluding hydrogens is 338 g/mol. The Bertz CT molecular complexity index is 1090. The zero-order chi connectivity index (χ0) is 17.7. The lowest BCUT2D eigenvalue weighted by molar-refractivity contribution is 0.400. The highest BCUT2D eigenvalue weighted by atomic mass is 35.5. The third kappa shape index (κ3) is 2.19. The van der Waals surface area contributed by atoms with Gasteiger partial charge in [0, 0.05) is 29.0 Å². The van der Waals surface area contributed by atoms with E-state index in [0.717, 1.165) is 39.8 Å². The molecule has 1 aromatic carbocycles. The number of fused-ring (bicyclic) bond motifs is 3. The van der Waals surface area contributed by atoms with Crippen LogP contribution in [0.1, 0.15) is 17.0 Å². The van der Waals surface area contributed by atoms with Gasteiger partial charge >= 0.3 is 0 Å². The lowest BCUT2D eigenvalue weighted by Gasteiger charge is -2.14. The second-order valence-electron chi connectivity index (χ2n) is 6.11. The maximum atomic E-state index is 10.1. The summed E-state index contributed by atoms with van der Waals surface area (Å²) in [4.78, 5) is 4.66. The van der Waals surface area contributed by atoms with Gasteiger partial charge in [-0.05, 0) is 31.9 Å². The molecule has 2 N–H and O–H groups in total. The summed E-state index contributed by atoms with van der Waals surface area (Å²) >= 11 is 6.07. The molecule has 0 spiro atoms. The van der Waals surface area contributed by atoms with Gasteiger partial charge in [0.2, 0.25) is 0 Å². The van der Waals surface area contributed by atoms with Crippen molar-refractivity contribution in [2.24, 2.45) is 0 Å². The fraction of sp³-hybridized carbons (Fsp3) is 0.211. The van der Waals surface area contributed by atoms with Gasteiger partial charge < -0.3 is 10.2 Å². The van der Waals surface area contributed by atoms with E-state index in [4.69, 9.17) is 11.6 Å². The first-order chi connectivity index (χ1) is 12.0. The fourth-order valence-corrected chi connectivity index (χ4v) is 3.82.